The molecule has 0 bridgehead atoms. The minimum absolute atomic E-state index is 0. The molecule has 1 aliphatic rings. The van der Waals surface area contributed by atoms with Crippen molar-refractivity contribution in [2.75, 3.05) is 13.1 Å². The maximum Gasteiger partial charge on any atom is 0.252 e. The van der Waals surface area contributed by atoms with Gasteiger partial charge in [0, 0.05) is 22.1 Å². The van der Waals surface area contributed by atoms with Gasteiger partial charge in [0.15, 0.2) is 0 Å². The van der Waals surface area contributed by atoms with Crippen LogP contribution in [0.5, 0.6) is 0 Å². The van der Waals surface area contributed by atoms with Gasteiger partial charge in [-0.3, -0.25) is 4.79 Å². The third-order valence-electron chi connectivity index (χ3n) is 2.57. The molecule has 1 amide bonds. The average molecular weight is 340 g/mol. The Labute approximate surface area is 120 Å². The van der Waals surface area contributed by atoms with E-state index in [1.165, 1.54) is 0 Å². The highest BCUT2D eigenvalue weighted by Crippen LogP contribution is 2.21. The molecular weight excluding hydrogens is 327 g/mol. The van der Waals surface area contributed by atoms with E-state index in [-0.39, 0.29) is 24.4 Å². The summed E-state index contributed by atoms with van der Waals surface area (Å²) < 4.78 is 0.725. The number of benzene rings is 1. The molecule has 0 radical (unpaired) electrons. The Morgan fingerprint density at radius 2 is 2.29 bits per heavy atom. The van der Waals surface area contributed by atoms with Crippen molar-refractivity contribution in [1.29, 1.82) is 0 Å². The van der Waals surface area contributed by atoms with Gasteiger partial charge in [-0.2, -0.15) is 0 Å². The summed E-state index contributed by atoms with van der Waals surface area (Å²) >= 11 is 9.16. The van der Waals surface area contributed by atoms with Gasteiger partial charge < -0.3 is 10.6 Å². The van der Waals surface area contributed by atoms with E-state index in [0.29, 0.717) is 10.6 Å². The highest BCUT2D eigenvalue weighted by atomic mass is 79.9. The van der Waals surface area contributed by atoms with Crippen molar-refractivity contribution in [2.45, 2.75) is 12.5 Å². The van der Waals surface area contributed by atoms with Gasteiger partial charge >= 0.3 is 0 Å². The Morgan fingerprint density at radius 3 is 2.88 bits per heavy atom. The van der Waals surface area contributed by atoms with Crippen molar-refractivity contribution in [3.05, 3.63) is 33.3 Å². The lowest BCUT2D eigenvalue weighted by atomic mass is 10.2. The lowest BCUT2D eigenvalue weighted by Crippen LogP contribution is -2.36. The van der Waals surface area contributed by atoms with Crippen LogP contribution in [0.3, 0.4) is 0 Å². The molecule has 0 aromatic heterocycles. The molecule has 0 saturated carbocycles. The second kappa shape index (κ2) is 6.59. The predicted octanol–water partition coefficient (Wildman–Crippen LogP) is 2.62. The molecule has 1 saturated heterocycles. The lowest BCUT2D eigenvalue weighted by Gasteiger charge is -2.12. The number of carbonyl (C=O) groups excluding carboxylic acids is 1. The predicted molar refractivity (Wildman–Crippen MR) is 75.1 cm³/mol. The van der Waals surface area contributed by atoms with Crippen LogP contribution in [0, 0.1) is 0 Å². The largest absolute Gasteiger partial charge is 0.348 e. The van der Waals surface area contributed by atoms with Crippen molar-refractivity contribution >= 4 is 45.8 Å². The Kier molecular flexibility index (Phi) is 5.73. The fraction of sp³-hybridized carbons (Fsp3) is 0.364. The smallest absolute Gasteiger partial charge is 0.252 e. The molecule has 6 heteroatoms. The normalized spacial score (nSPS) is 18.6. The zero-order valence-corrected chi connectivity index (χ0v) is 12.2. The van der Waals surface area contributed by atoms with E-state index in [1.807, 2.05) is 0 Å². The molecule has 3 nitrogen and oxygen atoms in total. The van der Waals surface area contributed by atoms with Gasteiger partial charge in [-0.05, 0) is 47.1 Å². The monoisotopic (exact) mass is 338 g/mol. The SMILES string of the molecule is Cl.O=C(NC1CCNC1)c1ccc(Cl)cc1Br. The van der Waals surface area contributed by atoms with E-state index in [1.54, 1.807) is 18.2 Å². The van der Waals surface area contributed by atoms with Crippen LogP contribution < -0.4 is 10.6 Å². The van der Waals surface area contributed by atoms with E-state index in [4.69, 9.17) is 11.6 Å². The first-order valence-electron chi connectivity index (χ1n) is 5.13. The first kappa shape index (κ1) is 14.8. The summed E-state index contributed by atoms with van der Waals surface area (Å²) in [4.78, 5) is 11.9. The first-order chi connectivity index (χ1) is 7.66. The second-order valence-corrected chi connectivity index (χ2v) is 5.08. The van der Waals surface area contributed by atoms with E-state index >= 15 is 0 Å². The zero-order chi connectivity index (χ0) is 11.5. The van der Waals surface area contributed by atoms with Crippen molar-refractivity contribution < 1.29 is 4.79 Å². The minimum atomic E-state index is -0.0581. The number of amides is 1. The molecule has 1 aromatic rings. The van der Waals surface area contributed by atoms with E-state index in [2.05, 4.69) is 26.6 Å². The van der Waals surface area contributed by atoms with Crippen LogP contribution in [0.25, 0.3) is 0 Å². The van der Waals surface area contributed by atoms with Crippen LogP contribution in [-0.4, -0.2) is 25.0 Å². The number of rotatable bonds is 2. The topological polar surface area (TPSA) is 41.1 Å². The average Bonchev–Trinajstić information content (AvgIpc) is 2.70. The van der Waals surface area contributed by atoms with Gasteiger partial charge in [0.1, 0.15) is 0 Å². The second-order valence-electron chi connectivity index (χ2n) is 3.79. The third-order valence-corrected chi connectivity index (χ3v) is 3.46. The molecule has 2 N–H and O–H groups in total. The Balaban J connectivity index is 0.00000144. The standard InChI is InChI=1S/C11H12BrClN2O.ClH/c12-10-5-7(13)1-2-9(10)11(16)15-8-3-4-14-6-8;/h1-2,5,8,14H,3-4,6H2,(H,15,16);1H. The van der Waals surface area contributed by atoms with Gasteiger partial charge in [-0.15, -0.1) is 12.4 Å². The molecule has 17 heavy (non-hydrogen) atoms. The van der Waals surface area contributed by atoms with Crippen LogP contribution in [0.4, 0.5) is 0 Å². The van der Waals surface area contributed by atoms with Crippen molar-refractivity contribution in [2.24, 2.45) is 0 Å². The number of hydrogen-bond acceptors (Lipinski definition) is 2. The molecule has 0 aliphatic carbocycles. The molecule has 0 spiro atoms. The van der Waals surface area contributed by atoms with Crippen LogP contribution in [0.2, 0.25) is 5.02 Å². The van der Waals surface area contributed by atoms with Crippen LogP contribution >= 0.6 is 39.9 Å². The summed E-state index contributed by atoms with van der Waals surface area (Å²) in [5.41, 5.74) is 0.622. The number of carbonyl (C=O) groups is 1. The fourth-order valence-electron chi connectivity index (χ4n) is 1.71. The number of halogens is 3. The highest BCUT2D eigenvalue weighted by molar-refractivity contribution is 9.10. The molecule has 1 fully saturated rings. The number of nitrogens with one attached hydrogen (secondary N) is 2. The fourth-order valence-corrected chi connectivity index (χ4v) is 2.58. The number of hydrogen-bond donors (Lipinski definition) is 2. The molecule has 1 unspecified atom stereocenters. The van der Waals surface area contributed by atoms with Crippen molar-refractivity contribution in [1.82, 2.24) is 10.6 Å². The summed E-state index contributed by atoms with van der Waals surface area (Å²) in [5, 5.41) is 6.80. The molecule has 94 valence electrons. The summed E-state index contributed by atoms with van der Waals surface area (Å²) in [7, 11) is 0. The Bertz CT molecular complexity index is 408. The molecule has 1 atom stereocenters. The molecular formula is C11H13BrCl2N2O. The summed E-state index contributed by atoms with van der Waals surface area (Å²) in [6.07, 6.45) is 0.983. The molecule has 1 aromatic carbocycles. The first-order valence-corrected chi connectivity index (χ1v) is 6.30. The van der Waals surface area contributed by atoms with E-state index in [0.717, 1.165) is 24.0 Å². The van der Waals surface area contributed by atoms with Gasteiger partial charge in [0.2, 0.25) is 0 Å². The van der Waals surface area contributed by atoms with Crippen LogP contribution in [-0.2, 0) is 0 Å². The molecule has 1 heterocycles. The third kappa shape index (κ3) is 3.85. The quantitative estimate of drug-likeness (QED) is 0.869. The lowest BCUT2D eigenvalue weighted by molar-refractivity contribution is 0.0939. The molecule has 1 aliphatic heterocycles. The van der Waals surface area contributed by atoms with Crippen LogP contribution in [0.15, 0.2) is 22.7 Å². The summed E-state index contributed by atoms with van der Waals surface area (Å²) in [6.45, 7) is 1.81. The Morgan fingerprint density at radius 1 is 1.53 bits per heavy atom. The molecule has 2 rings (SSSR count). The maximum atomic E-state index is 11.9. The van der Waals surface area contributed by atoms with Crippen LogP contribution in [0.1, 0.15) is 16.8 Å². The summed E-state index contributed by atoms with van der Waals surface area (Å²) in [5.74, 6) is -0.0581. The zero-order valence-electron chi connectivity index (χ0n) is 9.00. The van der Waals surface area contributed by atoms with Crippen molar-refractivity contribution in [3.8, 4) is 0 Å². The van der Waals surface area contributed by atoms with Gasteiger partial charge in [0.25, 0.3) is 5.91 Å². The van der Waals surface area contributed by atoms with E-state index in [9.17, 15) is 4.79 Å². The maximum absolute atomic E-state index is 11.9. The van der Waals surface area contributed by atoms with E-state index < -0.39 is 0 Å². The van der Waals surface area contributed by atoms with Gasteiger partial charge in [0.05, 0.1) is 5.56 Å². The van der Waals surface area contributed by atoms with Crippen molar-refractivity contribution in [3.63, 3.8) is 0 Å². The minimum Gasteiger partial charge on any atom is -0.348 e. The van der Waals surface area contributed by atoms with Gasteiger partial charge in [-0.25, -0.2) is 0 Å². The van der Waals surface area contributed by atoms with Gasteiger partial charge in [-0.1, -0.05) is 11.6 Å². The Hall–Kier alpha value is -0.290. The highest BCUT2D eigenvalue weighted by Gasteiger charge is 2.18. The summed E-state index contributed by atoms with van der Waals surface area (Å²) in [6, 6.07) is 5.40.